The molecule has 0 aromatic carbocycles. The molecule has 19 heavy (non-hydrogen) atoms. The number of amides is 1. The first-order chi connectivity index (χ1) is 9.05. The summed E-state index contributed by atoms with van der Waals surface area (Å²) in [5.41, 5.74) is 6.17. The summed E-state index contributed by atoms with van der Waals surface area (Å²) in [6.45, 7) is 3.86. The van der Waals surface area contributed by atoms with E-state index in [0.29, 0.717) is 19.0 Å². The molecule has 0 bridgehead atoms. The molecule has 4 heteroatoms. The highest BCUT2D eigenvalue weighted by atomic mass is 16.1. The van der Waals surface area contributed by atoms with E-state index < -0.39 is 0 Å². The van der Waals surface area contributed by atoms with Crippen LogP contribution in [0.2, 0.25) is 0 Å². The fraction of sp³-hybridized carbons (Fsp3) is 0.933. The average Bonchev–Trinajstić information content (AvgIpc) is 3.21. The average molecular weight is 267 g/mol. The van der Waals surface area contributed by atoms with Crippen molar-refractivity contribution < 1.29 is 4.79 Å². The van der Waals surface area contributed by atoms with Gasteiger partial charge in [-0.05, 0) is 51.5 Å². The van der Waals surface area contributed by atoms with Gasteiger partial charge in [-0.3, -0.25) is 9.69 Å². The Morgan fingerprint density at radius 3 is 2.47 bits per heavy atom. The van der Waals surface area contributed by atoms with E-state index in [0.717, 1.165) is 25.3 Å². The van der Waals surface area contributed by atoms with Gasteiger partial charge in [0.15, 0.2) is 0 Å². The van der Waals surface area contributed by atoms with Gasteiger partial charge in [-0.1, -0.05) is 6.92 Å². The van der Waals surface area contributed by atoms with Crippen molar-refractivity contribution in [3.8, 4) is 0 Å². The molecule has 1 amide bonds. The Morgan fingerprint density at radius 1 is 1.32 bits per heavy atom. The van der Waals surface area contributed by atoms with Crippen molar-refractivity contribution in [1.29, 1.82) is 0 Å². The summed E-state index contributed by atoms with van der Waals surface area (Å²) in [4.78, 5) is 14.1. The van der Waals surface area contributed by atoms with Crippen LogP contribution in [0.15, 0.2) is 0 Å². The molecular weight excluding hydrogens is 238 g/mol. The van der Waals surface area contributed by atoms with Gasteiger partial charge in [-0.2, -0.15) is 0 Å². The Kier molecular flexibility index (Phi) is 4.85. The highest BCUT2D eigenvalue weighted by molar-refractivity contribution is 5.76. The third-order valence-corrected chi connectivity index (χ3v) is 5.01. The van der Waals surface area contributed by atoms with Crippen LogP contribution >= 0.6 is 0 Å². The van der Waals surface area contributed by atoms with Crippen molar-refractivity contribution in [2.45, 2.75) is 63.5 Å². The van der Waals surface area contributed by atoms with E-state index in [1.165, 1.54) is 25.7 Å². The van der Waals surface area contributed by atoms with Gasteiger partial charge in [0.05, 0.1) is 0 Å². The molecule has 2 aliphatic carbocycles. The predicted molar refractivity (Wildman–Crippen MR) is 77.8 cm³/mol. The lowest BCUT2D eigenvalue weighted by molar-refractivity contribution is -0.121. The van der Waals surface area contributed by atoms with E-state index in [9.17, 15) is 4.79 Å². The summed E-state index contributed by atoms with van der Waals surface area (Å²) >= 11 is 0. The molecule has 0 aromatic heterocycles. The molecule has 0 saturated heterocycles. The first kappa shape index (κ1) is 14.8. The normalized spacial score (nSPS) is 31.5. The molecule has 0 heterocycles. The molecule has 2 aliphatic rings. The number of carbonyl (C=O) groups excluding carboxylic acids is 1. The minimum Gasteiger partial charge on any atom is -0.353 e. The molecule has 110 valence electrons. The number of nitrogens with zero attached hydrogens (tertiary/aromatic N) is 1. The summed E-state index contributed by atoms with van der Waals surface area (Å²) in [7, 11) is 2.13. The molecule has 2 fully saturated rings. The van der Waals surface area contributed by atoms with Crippen LogP contribution in [0.5, 0.6) is 0 Å². The maximum atomic E-state index is 11.8. The van der Waals surface area contributed by atoms with E-state index in [1.54, 1.807) is 0 Å². The predicted octanol–water partition coefficient (Wildman–Crippen LogP) is 1.49. The zero-order valence-corrected chi connectivity index (χ0v) is 12.5. The summed E-state index contributed by atoms with van der Waals surface area (Å²) in [6.07, 6.45) is 7.78. The number of rotatable bonds is 6. The molecule has 0 radical (unpaired) electrons. The SMILES string of the molecule is CC1CCC(CN)(N(C)CCC(=O)NC2CC2)CC1. The molecule has 0 spiro atoms. The van der Waals surface area contributed by atoms with Crippen LogP contribution in [-0.2, 0) is 4.79 Å². The maximum Gasteiger partial charge on any atom is 0.221 e. The van der Waals surface area contributed by atoms with E-state index in [2.05, 4.69) is 24.2 Å². The second-order valence-electron chi connectivity index (χ2n) is 6.62. The summed E-state index contributed by atoms with van der Waals surface area (Å²) in [6, 6.07) is 0.469. The Labute approximate surface area is 117 Å². The maximum absolute atomic E-state index is 11.8. The van der Waals surface area contributed by atoms with Gasteiger partial charge in [0.2, 0.25) is 5.91 Å². The summed E-state index contributed by atoms with van der Waals surface area (Å²) < 4.78 is 0. The second-order valence-corrected chi connectivity index (χ2v) is 6.62. The molecule has 0 unspecified atom stereocenters. The third kappa shape index (κ3) is 3.93. The highest BCUT2D eigenvalue weighted by Crippen LogP contribution is 2.35. The Hall–Kier alpha value is -0.610. The first-order valence-electron chi connectivity index (χ1n) is 7.76. The Balaban J connectivity index is 1.78. The quantitative estimate of drug-likeness (QED) is 0.766. The molecule has 2 rings (SSSR count). The van der Waals surface area contributed by atoms with Gasteiger partial charge >= 0.3 is 0 Å². The lowest BCUT2D eigenvalue weighted by atomic mass is 9.76. The van der Waals surface area contributed by atoms with Crippen molar-refractivity contribution in [2.75, 3.05) is 20.1 Å². The molecule has 4 nitrogen and oxygen atoms in total. The fourth-order valence-corrected chi connectivity index (χ4v) is 3.08. The van der Waals surface area contributed by atoms with Gasteiger partial charge in [-0.25, -0.2) is 0 Å². The van der Waals surface area contributed by atoms with Crippen LogP contribution in [0.1, 0.15) is 51.9 Å². The van der Waals surface area contributed by atoms with Gasteiger partial charge < -0.3 is 11.1 Å². The number of nitrogens with one attached hydrogen (secondary N) is 1. The van der Waals surface area contributed by atoms with Crippen LogP contribution in [0.4, 0.5) is 0 Å². The molecule has 3 N–H and O–H groups in total. The first-order valence-corrected chi connectivity index (χ1v) is 7.76. The van der Waals surface area contributed by atoms with Crippen molar-refractivity contribution in [3.05, 3.63) is 0 Å². The fourth-order valence-electron chi connectivity index (χ4n) is 3.08. The zero-order valence-electron chi connectivity index (χ0n) is 12.5. The number of likely N-dealkylation sites (N-methyl/N-ethyl adjacent to an activating group) is 1. The molecule has 0 aromatic rings. The number of hydrogen-bond acceptors (Lipinski definition) is 3. The van der Waals surface area contributed by atoms with Crippen molar-refractivity contribution >= 4 is 5.91 Å². The number of nitrogens with two attached hydrogens (primary N) is 1. The molecular formula is C15H29N3O. The van der Waals surface area contributed by atoms with E-state index in [4.69, 9.17) is 5.73 Å². The number of hydrogen-bond donors (Lipinski definition) is 2. The van der Waals surface area contributed by atoms with Gasteiger partial charge in [0.25, 0.3) is 0 Å². The van der Waals surface area contributed by atoms with Gasteiger partial charge in [-0.15, -0.1) is 0 Å². The summed E-state index contributed by atoms with van der Waals surface area (Å²) in [5.74, 6) is 1.02. The summed E-state index contributed by atoms with van der Waals surface area (Å²) in [5, 5.41) is 3.05. The third-order valence-electron chi connectivity index (χ3n) is 5.01. The monoisotopic (exact) mass is 267 g/mol. The second kappa shape index (κ2) is 6.23. The van der Waals surface area contributed by atoms with Crippen molar-refractivity contribution in [2.24, 2.45) is 11.7 Å². The van der Waals surface area contributed by atoms with Gasteiger partial charge in [0.1, 0.15) is 0 Å². The highest BCUT2D eigenvalue weighted by Gasteiger charge is 2.36. The van der Waals surface area contributed by atoms with Crippen LogP contribution in [0.3, 0.4) is 0 Å². The molecule has 2 saturated carbocycles. The topological polar surface area (TPSA) is 58.4 Å². The minimum absolute atomic E-state index is 0.131. The van der Waals surface area contributed by atoms with Crippen LogP contribution in [0, 0.1) is 5.92 Å². The van der Waals surface area contributed by atoms with Crippen molar-refractivity contribution in [3.63, 3.8) is 0 Å². The van der Waals surface area contributed by atoms with Crippen LogP contribution in [-0.4, -0.2) is 42.5 Å². The largest absolute Gasteiger partial charge is 0.353 e. The zero-order chi connectivity index (χ0) is 13.9. The molecule has 0 aliphatic heterocycles. The number of carbonyl (C=O) groups is 1. The van der Waals surface area contributed by atoms with E-state index in [1.807, 2.05) is 0 Å². The lowest BCUT2D eigenvalue weighted by Gasteiger charge is -2.45. The minimum atomic E-state index is 0.131. The van der Waals surface area contributed by atoms with Crippen LogP contribution in [0.25, 0.3) is 0 Å². The smallest absolute Gasteiger partial charge is 0.221 e. The Morgan fingerprint density at radius 2 is 1.95 bits per heavy atom. The Bertz CT molecular complexity index is 307. The lowest BCUT2D eigenvalue weighted by Crippen LogP contribution is -2.54. The van der Waals surface area contributed by atoms with Gasteiger partial charge in [0, 0.05) is 31.1 Å². The standard InChI is InChI=1S/C15H29N3O/c1-12-5-8-15(11-16,9-6-12)18(2)10-7-14(19)17-13-3-4-13/h12-13H,3-11,16H2,1-2H3,(H,17,19). The van der Waals surface area contributed by atoms with E-state index in [-0.39, 0.29) is 11.4 Å². The van der Waals surface area contributed by atoms with E-state index >= 15 is 0 Å². The van der Waals surface area contributed by atoms with Crippen LogP contribution < -0.4 is 11.1 Å². The molecule has 0 atom stereocenters. The van der Waals surface area contributed by atoms with Crippen molar-refractivity contribution in [1.82, 2.24) is 10.2 Å².